The first-order valence-electron chi connectivity index (χ1n) is 9.90. The van der Waals surface area contributed by atoms with Gasteiger partial charge in [0.2, 0.25) is 5.91 Å². The van der Waals surface area contributed by atoms with Crippen molar-refractivity contribution in [2.75, 3.05) is 7.11 Å². The SMILES string of the molecule is CO/N=C1\c2sccc2[C@@H](NC(=O)[C@@H](Cc2ccccc2)NC(=O)OC(C)(C)C)[C@H]1O. The van der Waals surface area contributed by atoms with Crippen LogP contribution in [0.25, 0.3) is 0 Å². The molecule has 9 heteroatoms. The molecule has 0 spiro atoms. The predicted octanol–water partition coefficient (Wildman–Crippen LogP) is 2.77. The number of nitrogens with zero attached hydrogens (tertiary/aromatic N) is 1. The topological polar surface area (TPSA) is 109 Å². The summed E-state index contributed by atoms with van der Waals surface area (Å²) in [6.45, 7) is 5.26. The number of fused-ring (bicyclic) bond motifs is 1. The molecule has 3 rings (SSSR count). The van der Waals surface area contributed by atoms with Crippen LogP contribution >= 0.6 is 11.3 Å². The molecule has 1 aromatic carbocycles. The molecule has 1 aliphatic rings. The second kappa shape index (κ2) is 9.49. The predicted molar refractivity (Wildman–Crippen MR) is 118 cm³/mol. The summed E-state index contributed by atoms with van der Waals surface area (Å²) in [6.07, 6.45) is -1.47. The van der Waals surface area contributed by atoms with E-state index in [-0.39, 0.29) is 6.42 Å². The minimum Gasteiger partial charge on any atom is -0.444 e. The lowest BCUT2D eigenvalue weighted by Crippen LogP contribution is -2.51. The molecular weight excluding hydrogens is 418 g/mol. The molecule has 1 heterocycles. The summed E-state index contributed by atoms with van der Waals surface area (Å²) in [5.41, 5.74) is 1.31. The Kier molecular flexibility index (Phi) is 6.97. The number of nitrogens with one attached hydrogen (secondary N) is 2. The summed E-state index contributed by atoms with van der Waals surface area (Å²) in [7, 11) is 1.40. The van der Waals surface area contributed by atoms with Gasteiger partial charge < -0.3 is 25.3 Å². The molecule has 0 bridgehead atoms. The molecule has 0 fully saturated rings. The van der Waals surface area contributed by atoms with Crippen LogP contribution in [0.15, 0.2) is 46.9 Å². The molecular formula is C22H27N3O5S. The zero-order chi connectivity index (χ0) is 22.6. The smallest absolute Gasteiger partial charge is 0.408 e. The molecule has 1 aliphatic carbocycles. The maximum absolute atomic E-state index is 13.2. The van der Waals surface area contributed by atoms with Gasteiger partial charge in [0.15, 0.2) is 0 Å². The average Bonchev–Trinajstić information content (AvgIpc) is 3.25. The number of carbonyl (C=O) groups excluding carboxylic acids is 2. The van der Waals surface area contributed by atoms with Gasteiger partial charge in [0.05, 0.1) is 10.9 Å². The van der Waals surface area contributed by atoms with E-state index in [2.05, 4.69) is 15.8 Å². The van der Waals surface area contributed by atoms with Gasteiger partial charge in [-0.1, -0.05) is 35.5 Å². The Morgan fingerprint density at radius 3 is 2.58 bits per heavy atom. The fraction of sp³-hybridized carbons (Fsp3) is 0.409. The summed E-state index contributed by atoms with van der Waals surface area (Å²) in [4.78, 5) is 31.2. The number of carbonyl (C=O) groups is 2. The van der Waals surface area contributed by atoms with Gasteiger partial charge in [0.25, 0.3) is 0 Å². The lowest BCUT2D eigenvalue weighted by atomic mass is 10.0. The molecule has 0 saturated heterocycles. The summed E-state index contributed by atoms with van der Waals surface area (Å²) < 4.78 is 5.33. The number of ether oxygens (including phenoxy) is 1. The summed E-state index contributed by atoms with van der Waals surface area (Å²) in [5.74, 6) is -0.436. The van der Waals surface area contributed by atoms with Crippen molar-refractivity contribution in [1.29, 1.82) is 0 Å². The molecule has 3 atom stereocenters. The van der Waals surface area contributed by atoms with Crippen molar-refractivity contribution in [1.82, 2.24) is 10.6 Å². The molecule has 0 radical (unpaired) electrons. The highest BCUT2D eigenvalue weighted by molar-refractivity contribution is 7.12. The number of hydrogen-bond donors (Lipinski definition) is 3. The molecule has 31 heavy (non-hydrogen) atoms. The van der Waals surface area contributed by atoms with Crippen molar-refractivity contribution in [2.45, 2.75) is 51.0 Å². The van der Waals surface area contributed by atoms with Crippen LogP contribution in [-0.4, -0.2) is 47.7 Å². The van der Waals surface area contributed by atoms with Crippen LogP contribution in [0, 0.1) is 0 Å². The summed E-state index contributed by atoms with van der Waals surface area (Å²) in [5, 5.41) is 22.0. The first-order chi connectivity index (χ1) is 14.7. The Hall–Kier alpha value is -2.91. The van der Waals surface area contributed by atoms with E-state index < -0.39 is 35.8 Å². The van der Waals surface area contributed by atoms with Crippen molar-refractivity contribution >= 4 is 29.0 Å². The number of hydrogen-bond acceptors (Lipinski definition) is 7. The van der Waals surface area contributed by atoms with E-state index in [1.165, 1.54) is 18.4 Å². The first kappa shape index (κ1) is 22.8. The minimum absolute atomic E-state index is 0.268. The number of benzene rings is 1. The Morgan fingerprint density at radius 1 is 1.23 bits per heavy atom. The third-order valence-electron chi connectivity index (χ3n) is 4.64. The van der Waals surface area contributed by atoms with Gasteiger partial charge >= 0.3 is 6.09 Å². The molecule has 3 N–H and O–H groups in total. The third-order valence-corrected chi connectivity index (χ3v) is 5.59. The number of aliphatic hydroxyl groups is 1. The summed E-state index contributed by atoms with van der Waals surface area (Å²) in [6, 6.07) is 9.61. The molecule has 8 nitrogen and oxygen atoms in total. The second-order valence-electron chi connectivity index (χ2n) is 8.18. The van der Waals surface area contributed by atoms with Crippen LogP contribution in [-0.2, 0) is 20.8 Å². The monoisotopic (exact) mass is 445 g/mol. The molecule has 0 aliphatic heterocycles. The maximum Gasteiger partial charge on any atom is 0.408 e. The number of rotatable bonds is 6. The lowest BCUT2D eigenvalue weighted by Gasteiger charge is -2.25. The lowest BCUT2D eigenvalue weighted by molar-refractivity contribution is -0.124. The number of amides is 2. The zero-order valence-corrected chi connectivity index (χ0v) is 18.7. The van der Waals surface area contributed by atoms with Gasteiger partial charge in [-0.05, 0) is 43.3 Å². The molecule has 2 amide bonds. The van der Waals surface area contributed by atoms with E-state index in [1.54, 1.807) is 20.8 Å². The van der Waals surface area contributed by atoms with Crippen LogP contribution in [0.3, 0.4) is 0 Å². The first-order valence-corrected chi connectivity index (χ1v) is 10.8. The van der Waals surface area contributed by atoms with Gasteiger partial charge in [0, 0.05) is 6.42 Å². The van der Waals surface area contributed by atoms with Crippen LogP contribution in [0.1, 0.15) is 42.8 Å². The quantitative estimate of drug-likeness (QED) is 0.593. The van der Waals surface area contributed by atoms with E-state index in [1.807, 2.05) is 41.8 Å². The Labute approximate surface area is 185 Å². The van der Waals surface area contributed by atoms with Crippen molar-refractivity contribution in [3.63, 3.8) is 0 Å². The highest BCUT2D eigenvalue weighted by Gasteiger charge is 2.40. The number of aliphatic hydroxyl groups excluding tert-OH is 1. The minimum atomic E-state index is -1.05. The number of oxime groups is 1. The van der Waals surface area contributed by atoms with Crippen molar-refractivity contribution in [2.24, 2.45) is 5.16 Å². The van der Waals surface area contributed by atoms with Gasteiger partial charge in [-0.25, -0.2) is 4.79 Å². The van der Waals surface area contributed by atoms with Gasteiger partial charge in [-0.15, -0.1) is 11.3 Å². The van der Waals surface area contributed by atoms with Gasteiger partial charge in [-0.2, -0.15) is 0 Å². The molecule has 0 unspecified atom stereocenters. The number of alkyl carbamates (subject to hydrolysis) is 1. The molecule has 2 aromatic rings. The standard InChI is InChI=1S/C22H27N3O5S/c1-22(2,3)30-21(28)23-15(12-13-8-6-5-7-9-13)20(27)24-16-14-10-11-31-19(14)17(18(16)26)25-29-4/h5-11,15-16,18,26H,12H2,1-4H3,(H,23,28)(H,24,27)/b25-17-/t15-,16-,18-/m1/s1. The second-order valence-corrected chi connectivity index (χ2v) is 9.10. The average molecular weight is 446 g/mol. The van der Waals surface area contributed by atoms with Crippen molar-refractivity contribution in [3.05, 3.63) is 57.8 Å². The highest BCUT2D eigenvalue weighted by atomic mass is 32.1. The molecule has 166 valence electrons. The van der Waals surface area contributed by atoms with Crippen molar-refractivity contribution < 1.29 is 24.3 Å². The Balaban J connectivity index is 1.79. The fourth-order valence-corrected chi connectivity index (χ4v) is 4.31. The van der Waals surface area contributed by atoms with Crippen LogP contribution in [0.2, 0.25) is 0 Å². The van der Waals surface area contributed by atoms with E-state index in [0.717, 1.165) is 16.0 Å². The van der Waals surface area contributed by atoms with Gasteiger partial charge in [0.1, 0.15) is 30.6 Å². The number of thiophene rings is 1. The zero-order valence-electron chi connectivity index (χ0n) is 17.9. The summed E-state index contributed by atoms with van der Waals surface area (Å²) >= 11 is 1.41. The Bertz CT molecular complexity index is 952. The molecule has 0 saturated carbocycles. The van der Waals surface area contributed by atoms with Gasteiger partial charge in [-0.3, -0.25) is 4.79 Å². The Morgan fingerprint density at radius 2 is 1.94 bits per heavy atom. The van der Waals surface area contributed by atoms with Crippen LogP contribution < -0.4 is 10.6 Å². The third kappa shape index (κ3) is 5.62. The normalized spacial score (nSPS) is 20.1. The van der Waals surface area contributed by atoms with Crippen LogP contribution in [0.5, 0.6) is 0 Å². The van der Waals surface area contributed by atoms with E-state index >= 15 is 0 Å². The van der Waals surface area contributed by atoms with E-state index in [0.29, 0.717) is 5.71 Å². The van der Waals surface area contributed by atoms with E-state index in [4.69, 9.17) is 9.57 Å². The maximum atomic E-state index is 13.2. The fourth-order valence-electron chi connectivity index (χ4n) is 3.35. The van der Waals surface area contributed by atoms with Crippen molar-refractivity contribution in [3.8, 4) is 0 Å². The van der Waals surface area contributed by atoms with Crippen LogP contribution in [0.4, 0.5) is 4.79 Å². The largest absolute Gasteiger partial charge is 0.444 e. The molecule has 1 aromatic heterocycles. The highest BCUT2D eigenvalue weighted by Crippen LogP contribution is 2.36. The van der Waals surface area contributed by atoms with E-state index in [9.17, 15) is 14.7 Å².